The van der Waals surface area contributed by atoms with Crippen LogP contribution < -0.4 is 0 Å². The maximum atomic E-state index is 10.3. The van der Waals surface area contributed by atoms with Crippen molar-refractivity contribution < 1.29 is 9.90 Å². The van der Waals surface area contributed by atoms with Gasteiger partial charge in [-0.3, -0.25) is 0 Å². The molecule has 0 spiro atoms. The third-order valence-corrected chi connectivity index (χ3v) is 2.54. The molecule has 0 aliphatic rings. The van der Waals surface area contributed by atoms with E-state index in [1.807, 2.05) is 6.92 Å². The number of hydrogen-bond donors (Lipinski definition) is 1. The summed E-state index contributed by atoms with van der Waals surface area (Å²) in [6.45, 7) is 4.12. The summed E-state index contributed by atoms with van der Waals surface area (Å²) in [5.74, 6) is -0.824. The van der Waals surface area contributed by atoms with Crippen LogP contribution in [0.15, 0.2) is 11.6 Å². The van der Waals surface area contributed by atoms with Gasteiger partial charge < -0.3 is 5.11 Å². The molecule has 0 saturated heterocycles. The lowest BCUT2D eigenvalue weighted by molar-refractivity contribution is -0.131. The first-order chi connectivity index (χ1) is 7.16. The lowest BCUT2D eigenvalue weighted by atomic mass is 10.1. The van der Waals surface area contributed by atoms with Crippen molar-refractivity contribution in [3.8, 4) is 0 Å². The maximum Gasteiger partial charge on any atom is 0.328 e. The Labute approximate surface area is 93.4 Å². The average molecular weight is 212 g/mol. The molecule has 0 heterocycles. The van der Waals surface area contributed by atoms with Crippen molar-refractivity contribution in [1.29, 1.82) is 0 Å². The molecule has 0 aromatic heterocycles. The first kappa shape index (κ1) is 14.2. The normalized spacial score (nSPS) is 11.7. The minimum Gasteiger partial charge on any atom is -0.478 e. The zero-order valence-corrected chi connectivity index (χ0v) is 10.1. The van der Waals surface area contributed by atoms with E-state index in [-0.39, 0.29) is 0 Å². The van der Waals surface area contributed by atoms with E-state index < -0.39 is 5.97 Å². The highest BCUT2D eigenvalue weighted by molar-refractivity contribution is 5.80. The number of carbonyl (C=O) groups is 1. The van der Waals surface area contributed by atoms with Crippen LogP contribution in [-0.2, 0) is 4.79 Å². The number of aliphatic carboxylic acids is 1. The zero-order valence-electron chi connectivity index (χ0n) is 10.1. The lowest BCUT2D eigenvalue weighted by Crippen LogP contribution is -1.90. The quantitative estimate of drug-likeness (QED) is 0.460. The maximum absolute atomic E-state index is 10.3. The van der Waals surface area contributed by atoms with Gasteiger partial charge >= 0.3 is 5.97 Å². The van der Waals surface area contributed by atoms with Crippen LogP contribution in [0.25, 0.3) is 0 Å². The van der Waals surface area contributed by atoms with Gasteiger partial charge in [0, 0.05) is 6.08 Å². The molecule has 0 atom stereocenters. The van der Waals surface area contributed by atoms with Gasteiger partial charge in [-0.05, 0) is 19.8 Å². The number of hydrogen-bond acceptors (Lipinski definition) is 1. The molecule has 0 radical (unpaired) electrons. The summed E-state index contributed by atoms with van der Waals surface area (Å²) in [6.07, 6.45) is 11.2. The van der Waals surface area contributed by atoms with Crippen LogP contribution in [-0.4, -0.2) is 11.1 Å². The smallest absolute Gasteiger partial charge is 0.328 e. The average Bonchev–Trinajstić information content (AvgIpc) is 2.15. The summed E-state index contributed by atoms with van der Waals surface area (Å²) in [5.41, 5.74) is 0.982. The van der Waals surface area contributed by atoms with Crippen LogP contribution in [0.2, 0.25) is 0 Å². The highest BCUT2D eigenvalue weighted by Crippen LogP contribution is 2.11. The van der Waals surface area contributed by atoms with Gasteiger partial charge in [0.05, 0.1) is 0 Å². The van der Waals surface area contributed by atoms with Crippen LogP contribution >= 0.6 is 0 Å². The van der Waals surface area contributed by atoms with Gasteiger partial charge in [0.15, 0.2) is 0 Å². The molecule has 2 heteroatoms. The number of carboxylic acid groups (broad SMARTS) is 1. The first-order valence-corrected chi connectivity index (χ1v) is 6.07. The van der Waals surface area contributed by atoms with Gasteiger partial charge in [-0.15, -0.1) is 0 Å². The number of unbranched alkanes of at least 4 members (excludes halogenated alkanes) is 6. The predicted octanol–water partition coefficient (Wildman–Crippen LogP) is 4.16. The van der Waals surface area contributed by atoms with Crippen molar-refractivity contribution in [2.75, 3.05) is 0 Å². The van der Waals surface area contributed by atoms with Crippen LogP contribution in [0.5, 0.6) is 0 Å². The van der Waals surface area contributed by atoms with E-state index >= 15 is 0 Å². The van der Waals surface area contributed by atoms with E-state index in [4.69, 9.17) is 5.11 Å². The molecule has 0 fully saturated rings. The molecule has 0 saturated carbocycles. The van der Waals surface area contributed by atoms with Gasteiger partial charge in [0.1, 0.15) is 0 Å². The molecule has 0 amide bonds. The predicted molar refractivity (Wildman–Crippen MR) is 64.0 cm³/mol. The molecule has 0 aromatic carbocycles. The fraction of sp³-hybridized carbons (Fsp3) is 0.769. The second kappa shape index (κ2) is 9.75. The Morgan fingerprint density at radius 3 is 2.13 bits per heavy atom. The topological polar surface area (TPSA) is 37.3 Å². The first-order valence-electron chi connectivity index (χ1n) is 6.07. The Morgan fingerprint density at radius 1 is 1.07 bits per heavy atom. The van der Waals surface area contributed by atoms with Crippen LogP contribution in [0, 0.1) is 0 Å². The van der Waals surface area contributed by atoms with E-state index in [2.05, 4.69) is 6.92 Å². The fourth-order valence-electron chi connectivity index (χ4n) is 1.64. The Bertz CT molecular complexity index is 195. The Hall–Kier alpha value is -0.790. The number of allylic oxidation sites excluding steroid dienone is 1. The van der Waals surface area contributed by atoms with E-state index in [0.717, 1.165) is 18.4 Å². The van der Waals surface area contributed by atoms with Crippen molar-refractivity contribution in [2.24, 2.45) is 0 Å². The molecule has 0 bridgehead atoms. The molecule has 0 aliphatic carbocycles. The molecule has 1 N–H and O–H groups in total. The van der Waals surface area contributed by atoms with Crippen molar-refractivity contribution in [3.63, 3.8) is 0 Å². The summed E-state index contributed by atoms with van der Waals surface area (Å²) in [6, 6.07) is 0. The molecule has 0 aliphatic heterocycles. The van der Waals surface area contributed by atoms with Gasteiger partial charge in [-0.1, -0.05) is 51.0 Å². The highest BCUT2D eigenvalue weighted by atomic mass is 16.4. The largest absolute Gasteiger partial charge is 0.478 e. The molecule has 2 nitrogen and oxygen atoms in total. The van der Waals surface area contributed by atoms with Crippen LogP contribution in [0.1, 0.15) is 65.2 Å². The minimum absolute atomic E-state index is 0.824. The van der Waals surface area contributed by atoms with Gasteiger partial charge in [-0.25, -0.2) is 4.79 Å². The van der Waals surface area contributed by atoms with Crippen molar-refractivity contribution in [3.05, 3.63) is 11.6 Å². The third-order valence-electron chi connectivity index (χ3n) is 2.54. The van der Waals surface area contributed by atoms with E-state index in [9.17, 15) is 4.79 Å². The molecule has 0 aromatic rings. The van der Waals surface area contributed by atoms with Gasteiger partial charge in [-0.2, -0.15) is 0 Å². The van der Waals surface area contributed by atoms with Gasteiger partial charge in [0.2, 0.25) is 0 Å². The van der Waals surface area contributed by atoms with E-state index in [1.165, 1.54) is 44.6 Å². The standard InChI is InChI=1S/C13H24O2/c1-3-4-5-6-7-8-9-10-12(2)11-13(14)15/h11H,3-10H2,1-2H3,(H,14,15). The molecule has 15 heavy (non-hydrogen) atoms. The molecular formula is C13H24O2. The second-order valence-corrected chi connectivity index (χ2v) is 4.20. The van der Waals surface area contributed by atoms with Crippen LogP contribution in [0.3, 0.4) is 0 Å². The zero-order chi connectivity index (χ0) is 11.5. The van der Waals surface area contributed by atoms with E-state index in [1.54, 1.807) is 0 Å². The van der Waals surface area contributed by atoms with Crippen molar-refractivity contribution >= 4 is 5.97 Å². The van der Waals surface area contributed by atoms with Crippen molar-refractivity contribution in [2.45, 2.75) is 65.2 Å². The minimum atomic E-state index is -0.824. The molecule has 0 rings (SSSR count). The summed E-state index contributed by atoms with van der Waals surface area (Å²) < 4.78 is 0. The number of rotatable bonds is 9. The van der Waals surface area contributed by atoms with Crippen LogP contribution in [0.4, 0.5) is 0 Å². The lowest BCUT2D eigenvalue weighted by Gasteiger charge is -2.01. The molecule has 88 valence electrons. The summed E-state index contributed by atoms with van der Waals surface area (Å²) in [4.78, 5) is 10.3. The Balaban J connectivity index is 3.27. The second-order valence-electron chi connectivity index (χ2n) is 4.20. The van der Waals surface area contributed by atoms with Crippen molar-refractivity contribution in [1.82, 2.24) is 0 Å². The van der Waals surface area contributed by atoms with Gasteiger partial charge in [0.25, 0.3) is 0 Å². The fourth-order valence-corrected chi connectivity index (χ4v) is 1.64. The summed E-state index contributed by atoms with van der Waals surface area (Å²) >= 11 is 0. The Kier molecular flexibility index (Phi) is 9.24. The summed E-state index contributed by atoms with van der Waals surface area (Å²) in [7, 11) is 0. The Morgan fingerprint density at radius 2 is 1.60 bits per heavy atom. The highest BCUT2D eigenvalue weighted by Gasteiger charge is 1.95. The molecule has 0 unspecified atom stereocenters. The number of carboxylic acids is 1. The summed E-state index contributed by atoms with van der Waals surface area (Å²) in [5, 5.41) is 8.51. The molecular weight excluding hydrogens is 188 g/mol. The monoisotopic (exact) mass is 212 g/mol. The SMILES string of the molecule is CCCCCCCCCC(C)=CC(=O)O. The third kappa shape index (κ3) is 11.1. The van der Waals surface area contributed by atoms with E-state index in [0.29, 0.717) is 0 Å².